The van der Waals surface area contributed by atoms with Crippen molar-refractivity contribution in [3.8, 4) is 0 Å². The van der Waals surface area contributed by atoms with Crippen LogP contribution in [-0.4, -0.2) is 18.6 Å². The summed E-state index contributed by atoms with van der Waals surface area (Å²) in [6, 6.07) is 8.76. The molecule has 0 aromatic heterocycles. The van der Waals surface area contributed by atoms with Gasteiger partial charge >= 0.3 is 5.97 Å². The highest BCUT2D eigenvalue weighted by atomic mass is 16.5. The molecular weight excluding hydrogens is 206 g/mol. The number of carbonyl (C=O) groups is 2. The first-order chi connectivity index (χ1) is 7.61. The Morgan fingerprint density at radius 3 is 2.44 bits per heavy atom. The molecule has 0 saturated heterocycles. The summed E-state index contributed by atoms with van der Waals surface area (Å²) in [6.07, 6.45) is 0. The van der Waals surface area contributed by atoms with Gasteiger partial charge in [-0.25, -0.2) is 0 Å². The predicted molar refractivity (Wildman–Crippen MR) is 59.7 cm³/mol. The number of nitrogens with one attached hydrogen (secondary N) is 1. The molecule has 0 atom stereocenters. The number of rotatable bonds is 4. The van der Waals surface area contributed by atoms with Crippen LogP contribution in [0.3, 0.4) is 0 Å². The van der Waals surface area contributed by atoms with Crippen LogP contribution in [0.25, 0.3) is 0 Å². The van der Waals surface area contributed by atoms with Crippen molar-refractivity contribution in [2.45, 2.75) is 13.8 Å². The van der Waals surface area contributed by atoms with Crippen LogP contribution < -0.4 is 5.32 Å². The predicted octanol–water partition coefficient (Wildman–Crippen LogP) is 1.57. The van der Waals surface area contributed by atoms with E-state index in [1.54, 1.807) is 38.1 Å². The summed E-state index contributed by atoms with van der Waals surface area (Å²) < 4.78 is 4.82. The second-order valence-electron chi connectivity index (χ2n) is 3.63. The molecule has 4 heteroatoms. The summed E-state index contributed by atoms with van der Waals surface area (Å²) in [4.78, 5) is 22.6. The molecule has 0 bridgehead atoms. The van der Waals surface area contributed by atoms with Crippen LogP contribution in [0.15, 0.2) is 30.3 Å². The van der Waals surface area contributed by atoms with Crippen LogP contribution in [-0.2, 0) is 9.53 Å². The lowest BCUT2D eigenvalue weighted by atomic mass is 10.2. The zero-order chi connectivity index (χ0) is 12.0. The fourth-order valence-corrected chi connectivity index (χ4v) is 1.03. The zero-order valence-electron chi connectivity index (χ0n) is 9.40. The fourth-order valence-electron chi connectivity index (χ4n) is 1.03. The van der Waals surface area contributed by atoms with Gasteiger partial charge in [-0.05, 0) is 12.1 Å². The molecule has 0 unspecified atom stereocenters. The lowest BCUT2D eigenvalue weighted by Crippen LogP contribution is -2.28. The Morgan fingerprint density at radius 1 is 1.25 bits per heavy atom. The molecule has 0 fully saturated rings. The molecule has 1 N–H and O–H groups in total. The van der Waals surface area contributed by atoms with Crippen LogP contribution in [0.1, 0.15) is 24.2 Å². The highest BCUT2D eigenvalue weighted by Gasteiger charge is 2.09. The Labute approximate surface area is 94.6 Å². The lowest BCUT2D eigenvalue weighted by molar-refractivity contribution is -0.147. The number of carbonyl (C=O) groups excluding carboxylic acids is 2. The van der Waals surface area contributed by atoms with Crippen molar-refractivity contribution in [1.29, 1.82) is 0 Å². The maximum absolute atomic E-state index is 11.5. The van der Waals surface area contributed by atoms with E-state index >= 15 is 0 Å². The van der Waals surface area contributed by atoms with Crippen molar-refractivity contribution in [2.24, 2.45) is 5.92 Å². The Hall–Kier alpha value is -1.84. The molecule has 16 heavy (non-hydrogen) atoms. The molecule has 0 aliphatic carbocycles. The van der Waals surface area contributed by atoms with E-state index in [2.05, 4.69) is 5.32 Å². The van der Waals surface area contributed by atoms with Crippen LogP contribution >= 0.6 is 0 Å². The van der Waals surface area contributed by atoms with Crippen molar-refractivity contribution in [3.63, 3.8) is 0 Å². The van der Waals surface area contributed by atoms with Gasteiger partial charge in [0.1, 0.15) is 0 Å². The molecule has 86 valence electrons. The van der Waals surface area contributed by atoms with Crippen molar-refractivity contribution < 1.29 is 14.3 Å². The highest BCUT2D eigenvalue weighted by Crippen LogP contribution is 1.98. The quantitative estimate of drug-likeness (QED) is 0.620. The largest absolute Gasteiger partial charge is 0.444 e. The second kappa shape index (κ2) is 5.90. The molecule has 0 radical (unpaired) electrons. The second-order valence-corrected chi connectivity index (χ2v) is 3.63. The van der Waals surface area contributed by atoms with Gasteiger partial charge in [-0.3, -0.25) is 9.59 Å². The minimum Gasteiger partial charge on any atom is -0.444 e. The number of hydrogen-bond acceptors (Lipinski definition) is 3. The van der Waals surface area contributed by atoms with E-state index in [1.807, 2.05) is 6.07 Å². The van der Waals surface area contributed by atoms with E-state index < -0.39 is 0 Å². The Balaban J connectivity index is 2.34. The molecule has 1 amide bonds. The first kappa shape index (κ1) is 12.2. The van der Waals surface area contributed by atoms with Crippen molar-refractivity contribution in [2.75, 3.05) is 6.73 Å². The molecule has 4 nitrogen and oxygen atoms in total. The summed E-state index contributed by atoms with van der Waals surface area (Å²) in [5, 5.41) is 2.50. The minimum absolute atomic E-state index is 0.0925. The van der Waals surface area contributed by atoms with Gasteiger partial charge in [-0.1, -0.05) is 32.0 Å². The van der Waals surface area contributed by atoms with Crippen molar-refractivity contribution in [3.05, 3.63) is 35.9 Å². The molecule has 0 heterocycles. The van der Waals surface area contributed by atoms with Crippen molar-refractivity contribution in [1.82, 2.24) is 5.32 Å². The molecule has 0 spiro atoms. The van der Waals surface area contributed by atoms with Crippen LogP contribution in [0.4, 0.5) is 0 Å². The van der Waals surface area contributed by atoms with Crippen LogP contribution in [0, 0.1) is 5.92 Å². The third-order valence-corrected chi connectivity index (χ3v) is 1.95. The first-order valence-electron chi connectivity index (χ1n) is 5.11. The topological polar surface area (TPSA) is 55.4 Å². The summed E-state index contributed by atoms with van der Waals surface area (Å²) in [5.41, 5.74) is 0.545. The van der Waals surface area contributed by atoms with Gasteiger partial charge < -0.3 is 10.1 Å². The molecule has 0 aliphatic rings. The van der Waals surface area contributed by atoms with E-state index in [0.717, 1.165) is 0 Å². The van der Waals surface area contributed by atoms with Crippen molar-refractivity contribution >= 4 is 11.9 Å². The first-order valence-corrected chi connectivity index (χ1v) is 5.11. The number of hydrogen-bond donors (Lipinski definition) is 1. The van der Waals surface area contributed by atoms with Gasteiger partial charge in [0.25, 0.3) is 5.91 Å². The zero-order valence-corrected chi connectivity index (χ0v) is 9.40. The summed E-state index contributed by atoms with van der Waals surface area (Å²) in [5.74, 6) is -0.765. The van der Waals surface area contributed by atoms with E-state index in [4.69, 9.17) is 4.74 Å². The van der Waals surface area contributed by atoms with Crippen LogP contribution in [0.5, 0.6) is 0 Å². The molecule has 1 rings (SSSR count). The molecule has 1 aromatic carbocycles. The number of ether oxygens (including phenoxy) is 1. The number of esters is 1. The Bertz CT molecular complexity index is 360. The van der Waals surface area contributed by atoms with E-state index in [1.165, 1.54) is 0 Å². The van der Waals surface area contributed by atoms with E-state index in [9.17, 15) is 9.59 Å². The minimum atomic E-state index is -0.326. The van der Waals surface area contributed by atoms with Gasteiger partial charge in [0, 0.05) is 5.56 Å². The summed E-state index contributed by atoms with van der Waals surface area (Å²) in [7, 11) is 0. The molecule has 1 aromatic rings. The standard InChI is InChI=1S/C12H15NO3/c1-9(2)12(15)16-8-13-11(14)10-6-4-3-5-7-10/h3-7,9H,8H2,1-2H3,(H,13,14). The third-order valence-electron chi connectivity index (χ3n) is 1.95. The van der Waals surface area contributed by atoms with Gasteiger partial charge in [0.2, 0.25) is 0 Å². The average Bonchev–Trinajstić information content (AvgIpc) is 2.29. The molecular formula is C12H15NO3. The summed E-state index contributed by atoms with van der Waals surface area (Å²) >= 11 is 0. The summed E-state index contributed by atoms with van der Waals surface area (Å²) in [6.45, 7) is 3.38. The normalized spacial score (nSPS) is 9.94. The van der Waals surface area contributed by atoms with E-state index in [0.29, 0.717) is 5.56 Å². The third kappa shape index (κ3) is 3.73. The Morgan fingerprint density at radius 2 is 1.88 bits per heavy atom. The number of benzene rings is 1. The van der Waals surface area contributed by atoms with Gasteiger partial charge in [-0.2, -0.15) is 0 Å². The molecule has 0 saturated carbocycles. The van der Waals surface area contributed by atoms with Gasteiger partial charge in [0.15, 0.2) is 6.73 Å². The maximum Gasteiger partial charge on any atom is 0.310 e. The highest BCUT2D eigenvalue weighted by molar-refractivity contribution is 5.94. The number of amides is 1. The SMILES string of the molecule is CC(C)C(=O)OCNC(=O)c1ccccc1. The molecule has 0 aliphatic heterocycles. The van der Waals surface area contributed by atoms with Gasteiger partial charge in [-0.15, -0.1) is 0 Å². The smallest absolute Gasteiger partial charge is 0.310 e. The monoisotopic (exact) mass is 221 g/mol. The van der Waals surface area contributed by atoms with Gasteiger partial charge in [0.05, 0.1) is 5.92 Å². The van der Waals surface area contributed by atoms with E-state index in [-0.39, 0.29) is 24.5 Å². The fraction of sp³-hybridized carbons (Fsp3) is 0.333. The Kier molecular flexibility index (Phi) is 4.51. The maximum atomic E-state index is 11.5. The average molecular weight is 221 g/mol. The van der Waals surface area contributed by atoms with Crippen LogP contribution in [0.2, 0.25) is 0 Å². The lowest BCUT2D eigenvalue weighted by Gasteiger charge is -2.08.